The number of carbonyl (C=O) groups excluding carboxylic acids is 1. The number of amides is 1. The van der Waals surface area contributed by atoms with Crippen LogP contribution < -0.4 is 0 Å². The lowest BCUT2D eigenvalue weighted by Crippen LogP contribution is -2.36. The molecule has 0 aromatic carbocycles. The minimum atomic E-state index is -1.68. The number of allylic oxidation sites excluding steroid dienone is 1. The lowest BCUT2D eigenvalue weighted by molar-refractivity contribution is -0.131. The highest BCUT2D eigenvalue weighted by Gasteiger charge is 2.40. The molecule has 0 N–H and O–H groups in total. The van der Waals surface area contributed by atoms with Crippen LogP contribution in [0.5, 0.6) is 0 Å². The van der Waals surface area contributed by atoms with Gasteiger partial charge in [-0.3, -0.25) is 4.79 Å². The van der Waals surface area contributed by atoms with Gasteiger partial charge in [-0.15, -0.1) is 0 Å². The molecule has 0 spiro atoms. The van der Waals surface area contributed by atoms with E-state index in [9.17, 15) is 13.6 Å². The molecule has 76 valence electrons. The zero-order valence-corrected chi connectivity index (χ0v) is 9.01. The van der Waals surface area contributed by atoms with E-state index in [-0.39, 0.29) is 24.1 Å². The molecule has 0 saturated carbocycles. The Kier molecular flexibility index (Phi) is 2.21. The van der Waals surface area contributed by atoms with E-state index in [1.807, 2.05) is 0 Å². The summed E-state index contributed by atoms with van der Waals surface area (Å²) in [7, 11) is 0. The summed E-state index contributed by atoms with van der Waals surface area (Å²) in [5.41, 5.74) is 0.0561. The van der Waals surface area contributed by atoms with E-state index < -0.39 is 12.0 Å². The normalized spacial score (nSPS) is 32.1. The molecule has 2 nitrogen and oxygen atoms in total. The molecule has 2 aliphatic rings. The average Bonchev–Trinajstić information content (AvgIpc) is 2.40. The zero-order valence-electron chi connectivity index (χ0n) is 7.43. The average molecular weight is 264 g/mol. The maximum Gasteiger partial charge on any atom is 0.233 e. The Balaban J connectivity index is 2.50. The van der Waals surface area contributed by atoms with Crippen molar-refractivity contribution in [1.29, 1.82) is 0 Å². The van der Waals surface area contributed by atoms with Crippen molar-refractivity contribution in [3.05, 3.63) is 22.1 Å². The number of halogens is 3. The van der Waals surface area contributed by atoms with E-state index in [1.54, 1.807) is 13.0 Å². The number of rotatable bonds is 0. The summed E-state index contributed by atoms with van der Waals surface area (Å²) in [6.45, 7) is 1.50. The topological polar surface area (TPSA) is 20.3 Å². The van der Waals surface area contributed by atoms with Gasteiger partial charge in [-0.05, 0) is 15.9 Å². The quantitative estimate of drug-likeness (QED) is 0.657. The van der Waals surface area contributed by atoms with Crippen molar-refractivity contribution in [2.75, 3.05) is 6.54 Å². The number of alkyl halides is 1. The Bertz CT molecular complexity index is 364. The van der Waals surface area contributed by atoms with Gasteiger partial charge in [0.25, 0.3) is 0 Å². The van der Waals surface area contributed by atoms with Crippen molar-refractivity contribution < 1.29 is 13.6 Å². The van der Waals surface area contributed by atoms with Crippen molar-refractivity contribution >= 4 is 21.8 Å². The molecule has 0 aromatic heterocycles. The predicted octanol–water partition coefficient (Wildman–Crippen LogP) is 2.28. The Morgan fingerprint density at radius 2 is 2.29 bits per heavy atom. The van der Waals surface area contributed by atoms with Crippen LogP contribution in [-0.2, 0) is 4.79 Å². The summed E-state index contributed by atoms with van der Waals surface area (Å²) in [6, 6.07) is 0. The first-order valence-corrected chi connectivity index (χ1v) is 5.04. The number of nitrogens with zero attached hydrogens (tertiary/aromatic N) is 1. The first kappa shape index (κ1) is 9.83. The summed E-state index contributed by atoms with van der Waals surface area (Å²) in [6.07, 6.45) is -0.0913. The second-order valence-electron chi connectivity index (χ2n) is 3.42. The molecule has 2 rings (SSSR count). The van der Waals surface area contributed by atoms with Gasteiger partial charge in [0.1, 0.15) is 0 Å². The smallest absolute Gasteiger partial charge is 0.233 e. The minimum Gasteiger partial charge on any atom is -0.305 e. The van der Waals surface area contributed by atoms with Gasteiger partial charge in [0, 0.05) is 4.48 Å². The van der Waals surface area contributed by atoms with E-state index in [2.05, 4.69) is 15.9 Å². The summed E-state index contributed by atoms with van der Waals surface area (Å²) >= 11 is 3.13. The van der Waals surface area contributed by atoms with Gasteiger partial charge < -0.3 is 4.90 Å². The monoisotopic (exact) mass is 263 g/mol. The lowest BCUT2D eigenvalue weighted by atomic mass is 10.1. The molecule has 1 amide bonds. The maximum atomic E-state index is 13.2. The largest absolute Gasteiger partial charge is 0.305 e. The molecular formula is C9H8BrF2NO. The van der Waals surface area contributed by atoms with Gasteiger partial charge in [-0.2, -0.15) is 0 Å². The molecule has 0 saturated heterocycles. The van der Waals surface area contributed by atoms with Crippen LogP contribution in [0.3, 0.4) is 0 Å². The third-order valence-corrected chi connectivity index (χ3v) is 3.03. The van der Waals surface area contributed by atoms with E-state index in [0.29, 0.717) is 4.48 Å². The van der Waals surface area contributed by atoms with E-state index >= 15 is 0 Å². The number of hydrogen-bond acceptors (Lipinski definition) is 1. The molecule has 2 heterocycles. The Morgan fingerprint density at radius 3 is 2.93 bits per heavy atom. The van der Waals surface area contributed by atoms with Crippen molar-refractivity contribution in [3.8, 4) is 0 Å². The molecule has 0 radical (unpaired) electrons. The van der Waals surface area contributed by atoms with Gasteiger partial charge in [0.2, 0.25) is 5.91 Å². The van der Waals surface area contributed by atoms with Crippen LogP contribution >= 0.6 is 15.9 Å². The summed E-state index contributed by atoms with van der Waals surface area (Å²) in [5.74, 6) is -1.43. The molecule has 0 bridgehead atoms. The minimum absolute atomic E-state index is 0.0561. The van der Waals surface area contributed by atoms with Crippen LogP contribution in [0.15, 0.2) is 22.1 Å². The summed E-state index contributed by atoms with van der Waals surface area (Å²) in [5, 5.41) is 0. The fraction of sp³-hybridized carbons (Fsp3) is 0.444. The van der Waals surface area contributed by atoms with Gasteiger partial charge in [-0.25, -0.2) is 8.78 Å². The Labute approximate surface area is 88.4 Å². The fourth-order valence-corrected chi connectivity index (χ4v) is 2.47. The van der Waals surface area contributed by atoms with Gasteiger partial charge in [-0.1, -0.05) is 13.0 Å². The molecule has 2 atom stereocenters. The molecule has 0 aromatic rings. The van der Waals surface area contributed by atoms with Gasteiger partial charge in [0.15, 0.2) is 12.0 Å². The van der Waals surface area contributed by atoms with Gasteiger partial charge >= 0.3 is 0 Å². The summed E-state index contributed by atoms with van der Waals surface area (Å²) in [4.78, 5) is 12.7. The molecule has 14 heavy (non-hydrogen) atoms. The van der Waals surface area contributed by atoms with Crippen LogP contribution in [0, 0.1) is 5.92 Å². The molecule has 2 unspecified atom stereocenters. The highest BCUT2D eigenvalue weighted by molar-refractivity contribution is 9.12. The summed E-state index contributed by atoms with van der Waals surface area (Å²) < 4.78 is 26.7. The van der Waals surface area contributed by atoms with E-state index in [4.69, 9.17) is 0 Å². The maximum absolute atomic E-state index is 13.2. The van der Waals surface area contributed by atoms with Crippen molar-refractivity contribution in [2.24, 2.45) is 5.92 Å². The fourth-order valence-electron chi connectivity index (χ4n) is 1.67. The highest BCUT2D eigenvalue weighted by Crippen LogP contribution is 2.38. The van der Waals surface area contributed by atoms with Crippen molar-refractivity contribution in [3.63, 3.8) is 0 Å². The van der Waals surface area contributed by atoms with Crippen LogP contribution in [0.4, 0.5) is 8.78 Å². The Morgan fingerprint density at radius 1 is 1.64 bits per heavy atom. The van der Waals surface area contributed by atoms with Crippen molar-refractivity contribution in [1.82, 2.24) is 4.90 Å². The second kappa shape index (κ2) is 3.15. The number of hydrogen-bond donors (Lipinski definition) is 0. The molecule has 0 aliphatic carbocycles. The predicted molar refractivity (Wildman–Crippen MR) is 50.9 cm³/mol. The van der Waals surface area contributed by atoms with Crippen LogP contribution in [0.2, 0.25) is 0 Å². The van der Waals surface area contributed by atoms with Crippen LogP contribution in [0.1, 0.15) is 6.92 Å². The molecule has 5 heteroatoms. The van der Waals surface area contributed by atoms with Crippen LogP contribution in [0.25, 0.3) is 0 Å². The second-order valence-corrected chi connectivity index (χ2v) is 4.27. The van der Waals surface area contributed by atoms with Crippen molar-refractivity contribution in [2.45, 2.75) is 13.1 Å². The first-order valence-electron chi connectivity index (χ1n) is 4.25. The number of carbonyl (C=O) groups is 1. The SMILES string of the molecule is CC1C=C(Br)C2=C(F)C(F)CN2C1=O. The van der Waals surface area contributed by atoms with Crippen LogP contribution in [-0.4, -0.2) is 23.5 Å². The Hall–Kier alpha value is -0.710. The third kappa shape index (κ3) is 1.22. The molecular weight excluding hydrogens is 256 g/mol. The first-order chi connectivity index (χ1) is 6.52. The lowest BCUT2D eigenvalue weighted by Gasteiger charge is -2.26. The zero-order chi connectivity index (χ0) is 10.5. The number of fused-ring (bicyclic) bond motifs is 1. The van der Waals surface area contributed by atoms with E-state index in [1.165, 1.54) is 0 Å². The van der Waals surface area contributed by atoms with E-state index in [0.717, 1.165) is 4.90 Å². The third-order valence-electron chi connectivity index (χ3n) is 2.39. The van der Waals surface area contributed by atoms with Gasteiger partial charge in [0.05, 0.1) is 18.2 Å². The highest BCUT2D eigenvalue weighted by atomic mass is 79.9. The molecule has 2 aliphatic heterocycles. The standard InChI is InChI=1S/C9H8BrF2NO/c1-4-2-5(10)8-7(12)6(11)3-13(8)9(4)14/h2,4,6H,3H2,1H3. The molecule has 0 fully saturated rings.